The first-order valence-corrected chi connectivity index (χ1v) is 33.2. The van der Waals surface area contributed by atoms with E-state index in [1.165, 1.54) is 20.8 Å². The molecule has 45 nitrogen and oxygen atoms in total. The van der Waals surface area contributed by atoms with Crippen LogP contribution in [0.3, 0.4) is 0 Å². The number of nitrogens with one attached hydrogen (secondary N) is 2. The molecule has 0 spiro atoms. The third-order valence-electron chi connectivity index (χ3n) is 19.4. The molecule has 598 valence electrons. The summed E-state index contributed by atoms with van der Waals surface area (Å²) in [4.78, 5) is 27.0. The van der Waals surface area contributed by atoms with Gasteiger partial charge in [0.25, 0.3) is 0 Å². The molecule has 103 heavy (non-hydrogen) atoms. The highest BCUT2D eigenvalue weighted by Crippen LogP contribution is 2.41. The van der Waals surface area contributed by atoms with Crippen molar-refractivity contribution in [3.05, 3.63) is 0 Å². The van der Waals surface area contributed by atoms with Crippen LogP contribution in [0.15, 0.2) is 0 Å². The van der Waals surface area contributed by atoms with Gasteiger partial charge in [0.15, 0.2) is 56.6 Å². The standard InChI is InChI=1S/C58H98N2O43/c1-12-25(68)31(74)38(81)53(88-12)98-45-21(10-65)95-52(24(60-16(5)67)47(45)101-58-49(35(78)29(72)18(7-62)93-58)103-55-40(83)33(76)27(70)14(3)90-55)102-48-30(73)22(96-57(42(48)85)97-43-19(8-63)91-50(86)37(80)36(43)79)11-87-51-23(59-15(4)66)46(100-54-39(82)32(75)26(69)13(2)89-54)44(20(9-64)94-51)99-56-41(84)34(77)28(71)17(6-61)92-56/h12-14,17-58,61-65,68-86H,6-11H2,1-5H3,(H,59,66)(H,60,67)/t12-,13-,14-,17-,18-,19-,20-,21-,22-,23-,24-,25+,26+,27+,28+,29+,30+,31+,32+,33+,34+,35+,36-,37-,38-,39-,40-,41-,42-,43-,44-,45-,46-,47-,48+,49-,50-,51-,52+,53-,54-,55-,56+,57+,58+/m1/s1. The number of amides is 2. The molecule has 0 aliphatic carbocycles. The lowest BCUT2D eigenvalue weighted by Crippen LogP contribution is -2.72. The highest BCUT2D eigenvalue weighted by molar-refractivity contribution is 5.73. The maximum absolute atomic E-state index is 13.6. The molecule has 26 N–H and O–H groups in total. The van der Waals surface area contributed by atoms with Gasteiger partial charge in [0.1, 0.15) is 201 Å². The molecule has 0 unspecified atom stereocenters. The van der Waals surface area contributed by atoms with Gasteiger partial charge in [-0.15, -0.1) is 0 Å². The summed E-state index contributed by atoms with van der Waals surface area (Å²) in [6, 6.07) is -3.97. The lowest BCUT2D eigenvalue weighted by molar-refractivity contribution is -0.401. The van der Waals surface area contributed by atoms with Crippen LogP contribution in [-0.2, 0) is 90.1 Å². The van der Waals surface area contributed by atoms with Crippen LogP contribution >= 0.6 is 0 Å². The molecule has 0 saturated carbocycles. The summed E-state index contributed by atoms with van der Waals surface area (Å²) < 4.78 is 102. The molecule has 0 bridgehead atoms. The van der Waals surface area contributed by atoms with E-state index in [0.29, 0.717) is 0 Å². The van der Waals surface area contributed by atoms with Crippen LogP contribution in [0.4, 0.5) is 0 Å². The van der Waals surface area contributed by atoms with E-state index in [4.69, 9.17) is 80.5 Å². The van der Waals surface area contributed by atoms with Crippen LogP contribution in [0, 0.1) is 0 Å². The van der Waals surface area contributed by atoms with E-state index in [1.807, 2.05) is 0 Å². The van der Waals surface area contributed by atoms with Crippen molar-refractivity contribution in [2.75, 3.05) is 39.6 Å². The van der Waals surface area contributed by atoms with Crippen molar-refractivity contribution in [1.82, 2.24) is 10.6 Å². The molecule has 45 heteroatoms. The van der Waals surface area contributed by atoms with E-state index in [-0.39, 0.29) is 0 Å². The Bertz CT molecular complexity index is 2660. The fourth-order valence-corrected chi connectivity index (χ4v) is 13.5. The van der Waals surface area contributed by atoms with E-state index in [1.54, 1.807) is 0 Å². The van der Waals surface area contributed by atoms with Gasteiger partial charge in [-0.25, -0.2) is 0 Å². The summed E-state index contributed by atoms with van der Waals surface area (Å²) in [7, 11) is 0. The Labute approximate surface area is 584 Å². The predicted molar refractivity (Wildman–Crippen MR) is 316 cm³/mol. The summed E-state index contributed by atoms with van der Waals surface area (Å²) in [5.41, 5.74) is 0. The second-order valence-electron chi connectivity index (χ2n) is 26.6. The Morgan fingerprint density at radius 2 is 0.583 bits per heavy atom. The van der Waals surface area contributed by atoms with E-state index in [2.05, 4.69) is 10.6 Å². The monoisotopic (exact) mass is 1510 g/mol. The average molecular weight is 1510 g/mol. The van der Waals surface area contributed by atoms with Gasteiger partial charge in [0.2, 0.25) is 11.8 Å². The van der Waals surface area contributed by atoms with Crippen molar-refractivity contribution in [2.24, 2.45) is 0 Å². The van der Waals surface area contributed by atoms with Gasteiger partial charge in [0.05, 0.1) is 58.0 Å². The van der Waals surface area contributed by atoms with Gasteiger partial charge in [-0.1, -0.05) is 0 Å². The number of aliphatic hydroxyl groups is 24. The van der Waals surface area contributed by atoms with Gasteiger partial charge in [0, 0.05) is 13.8 Å². The minimum Gasteiger partial charge on any atom is -0.394 e. The maximum Gasteiger partial charge on any atom is 0.217 e. The van der Waals surface area contributed by atoms with Crippen LogP contribution in [0.2, 0.25) is 0 Å². The number of carbonyl (C=O) groups is 2. The van der Waals surface area contributed by atoms with Crippen LogP contribution in [-0.4, -0.2) is 450 Å². The largest absolute Gasteiger partial charge is 0.394 e. The highest BCUT2D eigenvalue weighted by Gasteiger charge is 2.61. The van der Waals surface area contributed by atoms with Crippen molar-refractivity contribution in [1.29, 1.82) is 0 Å². The Hall–Kier alpha value is -2.70. The molecule has 9 heterocycles. The smallest absolute Gasteiger partial charge is 0.217 e. The van der Waals surface area contributed by atoms with Gasteiger partial charge in [-0.3, -0.25) is 9.59 Å². The number of hydrogen-bond acceptors (Lipinski definition) is 43. The summed E-state index contributed by atoms with van der Waals surface area (Å²) in [6.45, 7) is -0.979. The van der Waals surface area contributed by atoms with Gasteiger partial charge in [-0.05, 0) is 20.8 Å². The Morgan fingerprint density at radius 3 is 1.03 bits per heavy atom. The molecule has 45 atom stereocenters. The second-order valence-corrected chi connectivity index (χ2v) is 26.6. The fraction of sp³-hybridized carbons (Fsp3) is 0.966. The summed E-state index contributed by atoms with van der Waals surface area (Å²) in [5, 5.41) is 269. The number of aliphatic hydroxyl groups excluding tert-OH is 24. The van der Waals surface area contributed by atoms with E-state index >= 15 is 0 Å². The molecular weight excluding hydrogens is 1410 g/mol. The van der Waals surface area contributed by atoms with Crippen LogP contribution in [0.5, 0.6) is 0 Å². The fourth-order valence-electron chi connectivity index (χ4n) is 13.5. The molecule has 0 radical (unpaired) electrons. The van der Waals surface area contributed by atoms with Crippen LogP contribution in [0.1, 0.15) is 34.6 Å². The molecule has 9 fully saturated rings. The number of carbonyl (C=O) groups excluding carboxylic acids is 2. The van der Waals surface area contributed by atoms with Crippen molar-refractivity contribution >= 4 is 11.8 Å². The minimum atomic E-state index is -2.49. The molecule has 9 rings (SSSR count). The molecule has 9 aliphatic rings. The van der Waals surface area contributed by atoms with Crippen molar-refractivity contribution in [2.45, 2.75) is 311 Å². The molecular formula is C58H98N2O43. The van der Waals surface area contributed by atoms with E-state index in [9.17, 15) is 132 Å². The van der Waals surface area contributed by atoms with Gasteiger partial charge in [-0.2, -0.15) is 0 Å². The first kappa shape index (κ1) is 84.3. The Balaban J connectivity index is 1.10. The molecule has 0 aromatic carbocycles. The zero-order valence-electron chi connectivity index (χ0n) is 55.7. The first-order chi connectivity index (χ1) is 48.6. The van der Waals surface area contributed by atoms with Crippen LogP contribution in [0.25, 0.3) is 0 Å². The van der Waals surface area contributed by atoms with Crippen LogP contribution < -0.4 is 10.6 Å². The van der Waals surface area contributed by atoms with Crippen molar-refractivity contribution < 1.29 is 213 Å². The molecule has 9 saturated heterocycles. The molecule has 0 aromatic heterocycles. The lowest BCUT2D eigenvalue weighted by Gasteiger charge is -2.52. The topological polar surface area (TPSA) is 701 Å². The average Bonchev–Trinajstić information content (AvgIpc) is 0.767. The van der Waals surface area contributed by atoms with Gasteiger partial charge < -0.3 is 214 Å². The Morgan fingerprint density at radius 1 is 0.272 bits per heavy atom. The number of ether oxygens (including phenoxy) is 17. The van der Waals surface area contributed by atoms with Gasteiger partial charge >= 0.3 is 0 Å². The third kappa shape index (κ3) is 18.0. The second kappa shape index (κ2) is 36.0. The number of rotatable bonds is 24. The van der Waals surface area contributed by atoms with Crippen molar-refractivity contribution in [3.63, 3.8) is 0 Å². The highest BCUT2D eigenvalue weighted by atomic mass is 16.8. The summed E-state index contributed by atoms with van der Waals surface area (Å²) >= 11 is 0. The minimum absolute atomic E-state index is 0.916. The summed E-state index contributed by atoms with van der Waals surface area (Å²) in [5.74, 6) is -1.96. The zero-order chi connectivity index (χ0) is 75.8. The first-order valence-electron chi connectivity index (χ1n) is 33.2. The molecule has 0 aromatic rings. The van der Waals surface area contributed by atoms with E-state index < -0.39 is 328 Å². The lowest BCUT2D eigenvalue weighted by atomic mass is 9.93. The molecule has 9 aliphatic heterocycles. The van der Waals surface area contributed by atoms with E-state index in [0.717, 1.165) is 13.8 Å². The third-order valence-corrected chi connectivity index (χ3v) is 19.4. The zero-order valence-corrected chi connectivity index (χ0v) is 55.7. The quantitative estimate of drug-likeness (QED) is 0.0427. The number of hydrogen-bond donors (Lipinski definition) is 26. The maximum atomic E-state index is 13.6. The van der Waals surface area contributed by atoms with Crippen molar-refractivity contribution in [3.8, 4) is 0 Å². The molecule has 2 amide bonds. The SMILES string of the molecule is CC(=O)N[C@H]1[C@H](O[C@H]2[C@@H](O)[C@@H](CO[C@@H]3O[C@H](CO)[C@@H](O[C@@H]4O[C@H](CO)[C@H](O)[C@H](O)[C@H]4O)[C@H](O[C@H]4O[C@H](C)[C@H](O)[C@H](O)[C@H]4O)[C@H]3NC(C)=O)O[C@@H](O[C@H]3[C@H](O)[C@@H](O)[C@H](O)O[C@@H]3CO)[C@@H]2O)O[C@H](CO)[C@@H](O[C@H]2O[C@H](C)[C@H](O)[C@H](O)[C@H]2O)[C@@H]1O[C@@H]1O[C@H](CO)[C@H](O)[C@H](O)[C@H]1O[C@H]1O[C@H](C)[C@H](O)[C@H](O)[C@H]1O. The predicted octanol–water partition coefficient (Wildman–Crippen LogP) is -17.3. The Kier molecular flexibility index (Phi) is 29.5. The normalized spacial score (nSPS) is 52.3. The summed E-state index contributed by atoms with van der Waals surface area (Å²) in [6.07, 6.45) is -86.3.